The Balaban J connectivity index is 0.00000544. The van der Waals surface area contributed by atoms with Crippen LogP contribution in [0.2, 0.25) is 0 Å². The van der Waals surface area contributed by atoms with Crippen molar-refractivity contribution in [3.05, 3.63) is 59.2 Å². The Kier molecular flexibility index (Phi) is 12.0. The first-order valence-electron chi connectivity index (χ1n) is 10.2. The number of rotatable bonds is 10. The fourth-order valence-electron chi connectivity index (χ4n) is 2.98. The van der Waals surface area contributed by atoms with Crippen LogP contribution in [0.15, 0.2) is 47.5 Å². The lowest BCUT2D eigenvalue weighted by Gasteiger charge is -2.23. The van der Waals surface area contributed by atoms with E-state index < -0.39 is 5.91 Å². The van der Waals surface area contributed by atoms with Crippen LogP contribution in [-0.2, 0) is 17.9 Å². The normalized spacial score (nSPS) is 10.6. The van der Waals surface area contributed by atoms with E-state index in [1.54, 1.807) is 26.4 Å². The summed E-state index contributed by atoms with van der Waals surface area (Å²) in [5, 5.41) is 5.76. The molecule has 0 spiro atoms. The number of ether oxygens (including phenoxy) is 2. The van der Waals surface area contributed by atoms with Crippen molar-refractivity contribution in [1.29, 1.82) is 0 Å². The Morgan fingerprint density at radius 3 is 2.33 bits per heavy atom. The number of guanidine groups is 1. The minimum Gasteiger partial charge on any atom is -0.497 e. The second kappa shape index (κ2) is 14.2. The molecule has 10 heteroatoms. The highest BCUT2D eigenvalue weighted by molar-refractivity contribution is 14.0. The standard InChI is InChI=1S/C23H31N5O4.HI/c1-5-25-23(28(2)15-18-10-11-19(31-3)12-20(18)32-4)27-13-16-6-8-17(9-7-16)22(30)26-14-21(24)29;/h6-12H,5,13-15H2,1-4H3,(H2,24,29)(H,25,27)(H,26,30);1H. The Hall–Kier alpha value is -3.02. The van der Waals surface area contributed by atoms with Crippen LogP contribution >= 0.6 is 24.0 Å². The van der Waals surface area contributed by atoms with Gasteiger partial charge in [0.1, 0.15) is 11.5 Å². The minimum absolute atomic E-state index is 0. The number of aliphatic imine (C=N–C) groups is 1. The van der Waals surface area contributed by atoms with E-state index in [2.05, 4.69) is 10.6 Å². The molecule has 0 saturated carbocycles. The zero-order chi connectivity index (χ0) is 23.5. The smallest absolute Gasteiger partial charge is 0.251 e. The Morgan fingerprint density at radius 2 is 1.76 bits per heavy atom. The molecule has 0 bridgehead atoms. The maximum absolute atomic E-state index is 12.0. The molecule has 180 valence electrons. The lowest BCUT2D eigenvalue weighted by molar-refractivity contribution is -0.117. The fourth-order valence-corrected chi connectivity index (χ4v) is 2.98. The lowest BCUT2D eigenvalue weighted by Crippen LogP contribution is -2.38. The Bertz CT molecular complexity index is 950. The van der Waals surface area contributed by atoms with Gasteiger partial charge in [-0.15, -0.1) is 24.0 Å². The third-order valence-electron chi connectivity index (χ3n) is 4.65. The molecule has 0 fully saturated rings. The first kappa shape index (κ1) is 28.0. The van der Waals surface area contributed by atoms with Crippen LogP contribution in [0.1, 0.15) is 28.4 Å². The van der Waals surface area contributed by atoms with Crippen LogP contribution in [0.3, 0.4) is 0 Å². The number of carbonyl (C=O) groups excluding carboxylic acids is 2. The van der Waals surface area contributed by atoms with Gasteiger partial charge in [-0.3, -0.25) is 9.59 Å². The van der Waals surface area contributed by atoms with Crippen LogP contribution in [0.4, 0.5) is 0 Å². The van der Waals surface area contributed by atoms with Gasteiger partial charge in [0.25, 0.3) is 5.91 Å². The average Bonchev–Trinajstić information content (AvgIpc) is 2.80. The molecule has 2 aromatic carbocycles. The first-order chi connectivity index (χ1) is 15.4. The first-order valence-corrected chi connectivity index (χ1v) is 10.2. The molecule has 2 amide bonds. The van der Waals surface area contributed by atoms with Crippen molar-refractivity contribution in [1.82, 2.24) is 15.5 Å². The molecule has 2 rings (SSSR count). The van der Waals surface area contributed by atoms with Gasteiger partial charge in [0, 0.05) is 37.3 Å². The molecule has 0 aromatic heterocycles. The van der Waals surface area contributed by atoms with Crippen molar-refractivity contribution in [2.45, 2.75) is 20.0 Å². The zero-order valence-corrected chi connectivity index (χ0v) is 21.7. The topological polar surface area (TPSA) is 118 Å². The monoisotopic (exact) mass is 569 g/mol. The number of carbonyl (C=O) groups is 2. The molecule has 0 saturated heterocycles. The SMILES string of the molecule is CCNC(=NCc1ccc(C(=O)NCC(N)=O)cc1)N(C)Cc1ccc(OC)cc1OC.I. The molecule has 0 aliphatic heterocycles. The molecule has 4 N–H and O–H groups in total. The van der Waals surface area contributed by atoms with Gasteiger partial charge in [0.15, 0.2) is 5.96 Å². The van der Waals surface area contributed by atoms with E-state index in [1.807, 2.05) is 49.2 Å². The number of nitrogens with one attached hydrogen (secondary N) is 2. The number of methoxy groups -OCH3 is 2. The van der Waals surface area contributed by atoms with Crippen molar-refractivity contribution in [3.8, 4) is 11.5 Å². The number of halogens is 1. The summed E-state index contributed by atoms with van der Waals surface area (Å²) in [5.41, 5.74) is 7.45. The van der Waals surface area contributed by atoms with E-state index in [-0.39, 0.29) is 36.4 Å². The van der Waals surface area contributed by atoms with Crippen LogP contribution in [0.25, 0.3) is 0 Å². The molecule has 0 aliphatic carbocycles. The lowest BCUT2D eigenvalue weighted by atomic mass is 10.1. The van der Waals surface area contributed by atoms with Crippen molar-refractivity contribution >= 4 is 41.8 Å². The highest BCUT2D eigenvalue weighted by Crippen LogP contribution is 2.25. The van der Waals surface area contributed by atoms with Gasteiger partial charge in [0.05, 0.1) is 27.3 Å². The van der Waals surface area contributed by atoms with E-state index in [1.165, 1.54) is 0 Å². The Morgan fingerprint density at radius 1 is 1.06 bits per heavy atom. The number of hydrogen-bond donors (Lipinski definition) is 3. The summed E-state index contributed by atoms with van der Waals surface area (Å²) in [6, 6.07) is 12.8. The number of hydrogen-bond acceptors (Lipinski definition) is 5. The van der Waals surface area contributed by atoms with E-state index in [9.17, 15) is 9.59 Å². The highest BCUT2D eigenvalue weighted by atomic mass is 127. The number of benzene rings is 2. The largest absolute Gasteiger partial charge is 0.497 e. The van der Waals surface area contributed by atoms with Gasteiger partial charge < -0.3 is 30.7 Å². The van der Waals surface area contributed by atoms with Crippen molar-refractivity contribution in [3.63, 3.8) is 0 Å². The summed E-state index contributed by atoms with van der Waals surface area (Å²) in [6.45, 7) is 3.58. The summed E-state index contributed by atoms with van der Waals surface area (Å²) in [4.78, 5) is 29.5. The molecule has 0 aliphatic rings. The maximum atomic E-state index is 12.0. The predicted molar refractivity (Wildman–Crippen MR) is 139 cm³/mol. The molecule has 0 radical (unpaired) electrons. The molecule has 33 heavy (non-hydrogen) atoms. The van der Waals surface area contributed by atoms with Gasteiger partial charge in [-0.25, -0.2) is 4.99 Å². The number of nitrogens with zero attached hydrogens (tertiary/aromatic N) is 2. The number of primary amides is 1. The zero-order valence-electron chi connectivity index (χ0n) is 19.4. The predicted octanol–water partition coefficient (Wildman–Crippen LogP) is 2.13. The van der Waals surface area contributed by atoms with Crippen molar-refractivity contribution in [2.75, 3.05) is 34.4 Å². The van der Waals surface area contributed by atoms with Crippen LogP contribution < -0.4 is 25.8 Å². The van der Waals surface area contributed by atoms with Crippen LogP contribution in [0, 0.1) is 0 Å². The fraction of sp³-hybridized carbons (Fsp3) is 0.348. The molecular weight excluding hydrogens is 537 g/mol. The van der Waals surface area contributed by atoms with Gasteiger partial charge in [-0.2, -0.15) is 0 Å². The van der Waals surface area contributed by atoms with E-state index in [0.717, 1.165) is 35.1 Å². The van der Waals surface area contributed by atoms with Gasteiger partial charge in [-0.1, -0.05) is 12.1 Å². The average molecular weight is 569 g/mol. The molecule has 9 nitrogen and oxygen atoms in total. The second-order valence-corrected chi connectivity index (χ2v) is 7.05. The molecular formula is C23H32IN5O4. The van der Waals surface area contributed by atoms with E-state index in [4.69, 9.17) is 20.2 Å². The molecule has 0 unspecified atom stereocenters. The molecule has 0 heterocycles. The summed E-state index contributed by atoms with van der Waals surface area (Å²) < 4.78 is 10.8. The Labute approximate surface area is 211 Å². The van der Waals surface area contributed by atoms with Crippen molar-refractivity contribution < 1.29 is 19.1 Å². The number of nitrogens with two attached hydrogens (primary N) is 1. The van der Waals surface area contributed by atoms with E-state index in [0.29, 0.717) is 18.7 Å². The maximum Gasteiger partial charge on any atom is 0.251 e. The van der Waals surface area contributed by atoms with Crippen LogP contribution in [-0.4, -0.2) is 57.0 Å². The summed E-state index contributed by atoms with van der Waals surface area (Å²) in [5.74, 6) is 1.29. The minimum atomic E-state index is -0.586. The van der Waals surface area contributed by atoms with E-state index >= 15 is 0 Å². The molecule has 0 atom stereocenters. The van der Waals surface area contributed by atoms with Crippen LogP contribution in [0.5, 0.6) is 11.5 Å². The van der Waals surface area contributed by atoms with Gasteiger partial charge in [0.2, 0.25) is 5.91 Å². The van der Waals surface area contributed by atoms with Crippen molar-refractivity contribution in [2.24, 2.45) is 10.7 Å². The van der Waals surface area contributed by atoms with Gasteiger partial charge in [-0.05, 0) is 36.8 Å². The third-order valence-corrected chi connectivity index (χ3v) is 4.65. The second-order valence-electron chi connectivity index (χ2n) is 7.05. The highest BCUT2D eigenvalue weighted by Gasteiger charge is 2.12. The molecule has 2 aromatic rings. The summed E-state index contributed by atoms with van der Waals surface area (Å²) in [7, 11) is 5.21. The summed E-state index contributed by atoms with van der Waals surface area (Å²) in [6.07, 6.45) is 0. The van der Waals surface area contributed by atoms with Gasteiger partial charge >= 0.3 is 0 Å². The quantitative estimate of drug-likeness (QED) is 0.229. The third kappa shape index (κ3) is 8.79. The number of amides is 2. The summed E-state index contributed by atoms with van der Waals surface area (Å²) >= 11 is 0.